The Morgan fingerprint density at radius 1 is 0.607 bits per heavy atom. The molecule has 0 aromatic carbocycles. The highest BCUT2D eigenvalue weighted by Gasteiger charge is 2.82. The molecule has 4 unspecified atom stereocenters. The van der Waals surface area contributed by atoms with Crippen molar-refractivity contribution in [3.63, 3.8) is 0 Å². The molecule has 170 valence electrons. The molecule has 28 heavy (non-hydrogen) atoms. The van der Waals surface area contributed by atoms with Crippen molar-refractivity contribution in [1.29, 1.82) is 0 Å². The first-order valence-corrected chi connectivity index (χ1v) is 8.36. The van der Waals surface area contributed by atoms with Crippen molar-refractivity contribution < 1.29 is 53.0 Å². The Labute approximate surface area is 155 Å². The van der Waals surface area contributed by atoms with E-state index in [0.29, 0.717) is 0 Å². The van der Waals surface area contributed by atoms with Crippen LogP contribution in [0.2, 0.25) is 0 Å². The SMILES string of the molecule is CCCC(C)(F)C(F)(C(F)(F)F)C(F)(F)OC(C)(CCC)C(C)(F)C(F)(F)F. The van der Waals surface area contributed by atoms with Crippen molar-refractivity contribution in [3.8, 4) is 0 Å². The second-order valence-electron chi connectivity index (χ2n) is 7.20. The lowest BCUT2D eigenvalue weighted by Crippen LogP contribution is -2.70. The maximum atomic E-state index is 14.7. The smallest absolute Gasteiger partial charge is 0.307 e. The molecule has 0 aromatic rings. The molecule has 0 aliphatic carbocycles. The van der Waals surface area contributed by atoms with Crippen LogP contribution in [0.25, 0.3) is 0 Å². The van der Waals surface area contributed by atoms with Gasteiger partial charge in [-0.3, -0.25) is 0 Å². The highest BCUT2D eigenvalue weighted by Crippen LogP contribution is 2.58. The van der Waals surface area contributed by atoms with Gasteiger partial charge in [-0.1, -0.05) is 26.7 Å². The molecule has 0 saturated heterocycles. The van der Waals surface area contributed by atoms with Gasteiger partial charge in [0, 0.05) is 0 Å². The summed E-state index contributed by atoms with van der Waals surface area (Å²) in [4.78, 5) is 0. The third-order valence-electron chi connectivity index (χ3n) is 4.84. The molecule has 1 nitrogen and oxygen atoms in total. The predicted molar refractivity (Wildman–Crippen MR) is 79.2 cm³/mol. The van der Waals surface area contributed by atoms with Gasteiger partial charge >= 0.3 is 24.1 Å². The van der Waals surface area contributed by atoms with Gasteiger partial charge in [0.25, 0.3) is 0 Å². The minimum atomic E-state index is -6.58. The van der Waals surface area contributed by atoms with Crippen LogP contribution in [0, 0.1) is 0 Å². The zero-order chi connectivity index (χ0) is 23.0. The Morgan fingerprint density at radius 2 is 1.00 bits per heavy atom. The first kappa shape index (κ1) is 27.2. The van der Waals surface area contributed by atoms with Crippen LogP contribution in [0.15, 0.2) is 0 Å². The molecule has 12 heteroatoms. The average molecular weight is 440 g/mol. The summed E-state index contributed by atoms with van der Waals surface area (Å²) in [6.07, 6.45) is -22.0. The summed E-state index contributed by atoms with van der Waals surface area (Å²) in [5, 5.41) is 0. The number of hydrogen-bond acceptors (Lipinski definition) is 1. The summed E-state index contributed by atoms with van der Waals surface area (Å²) in [5.41, 5.74) is -18.5. The molecule has 0 fully saturated rings. The van der Waals surface area contributed by atoms with Crippen molar-refractivity contribution in [2.45, 2.75) is 101 Å². The molecule has 0 amide bonds. The van der Waals surface area contributed by atoms with E-state index in [9.17, 15) is 48.3 Å². The average Bonchev–Trinajstić information content (AvgIpc) is 2.42. The molecule has 0 saturated carbocycles. The van der Waals surface area contributed by atoms with E-state index >= 15 is 0 Å². The van der Waals surface area contributed by atoms with Crippen molar-refractivity contribution in [2.75, 3.05) is 0 Å². The fourth-order valence-corrected chi connectivity index (χ4v) is 2.92. The van der Waals surface area contributed by atoms with Crippen LogP contribution >= 0.6 is 0 Å². The summed E-state index contributed by atoms with van der Waals surface area (Å²) in [5.74, 6) is 0. The van der Waals surface area contributed by atoms with Crippen LogP contribution in [0.5, 0.6) is 0 Å². The van der Waals surface area contributed by atoms with Crippen LogP contribution in [-0.4, -0.2) is 41.1 Å². The summed E-state index contributed by atoms with van der Waals surface area (Å²) >= 11 is 0. The van der Waals surface area contributed by atoms with E-state index in [1.54, 1.807) is 0 Å². The minimum Gasteiger partial charge on any atom is -0.307 e. The Kier molecular flexibility index (Phi) is 7.56. The van der Waals surface area contributed by atoms with E-state index in [1.807, 2.05) is 0 Å². The standard InChI is InChI=1S/C16H23F11O/c1-6-8-10(3,17)13(19,15(23,24)25)16(26,27)28-11(4,9-7-2)12(5,18)14(20,21)22/h6-9H2,1-5H3. The van der Waals surface area contributed by atoms with Gasteiger partial charge in [-0.2, -0.15) is 35.1 Å². The van der Waals surface area contributed by atoms with Crippen LogP contribution in [0.1, 0.15) is 60.3 Å². The molecule has 0 N–H and O–H groups in total. The van der Waals surface area contributed by atoms with Gasteiger partial charge in [-0.25, -0.2) is 13.2 Å². The zero-order valence-electron chi connectivity index (χ0n) is 15.9. The Morgan fingerprint density at radius 3 is 1.29 bits per heavy atom. The van der Waals surface area contributed by atoms with Crippen molar-refractivity contribution >= 4 is 0 Å². The van der Waals surface area contributed by atoms with Crippen LogP contribution in [0.3, 0.4) is 0 Å². The largest absolute Gasteiger partial charge is 0.434 e. The van der Waals surface area contributed by atoms with Crippen LogP contribution in [0.4, 0.5) is 48.3 Å². The van der Waals surface area contributed by atoms with Gasteiger partial charge in [0.1, 0.15) is 5.60 Å². The monoisotopic (exact) mass is 440 g/mol. The third kappa shape index (κ3) is 4.35. The molecular weight excluding hydrogens is 417 g/mol. The minimum absolute atomic E-state index is 0.100. The second kappa shape index (κ2) is 7.79. The molecule has 4 atom stereocenters. The fraction of sp³-hybridized carbons (Fsp3) is 1.00. The molecule has 0 aromatic heterocycles. The zero-order valence-corrected chi connectivity index (χ0v) is 15.9. The first-order chi connectivity index (χ1) is 12.1. The van der Waals surface area contributed by atoms with Crippen molar-refractivity contribution in [1.82, 2.24) is 0 Å². The normalized spacial score (nSPS) is 22.7. The number of hydrogen-bond donors (Lipinski definition) is 0. The fourth-order valence-electron chi connectivity index (χ4n) is 2.92. The molecule has 0 radical (unpaired) electrons. The highest BCUT2D eigenvalue weighted by atomic mass is 19.4. The molecule has 0 aliphatic rings. The molecule has 0 aliphatic heterocycles. The summed E-state index contributed by atoms with van der Waals surface area (Å²) in [6, 6.07) is 0. The van der Waals surface area contributed by atoms with E-state index in [1.165, 1.54) is 0 Å². The van der Waals surface area contributed by atoms with E-state index in [0.717, 1.165) is 13.8 Å². The van der Waals surface area contributed by atoms with Gasteiger partial charge in [0.15, 0.2) is 5.67 Å². The lowest BCUT2D eigenvalue weighted by atomic mass is 9.80. The Balaban J connectivity index is 6.57. The number of alkyl halides is 11. The van der Waals surface area contributed by atoms with E-state index in [2.05, 4.69) is 4.74 Å². The summed E-state index contributed by atoms with van der Waals surface area (Å²) in [7, 11) is 0. The molecule has 0 bridgehead atoms. The molecule has 0 spiro atoms. The van der Waals surface area contributed by atoms with Gasteiger partial charge in [-0.15, -0.1) is 0 Å². The topological polar surface area (TPSA) is 9.23 Å². The lowest BCUT2D eigenvalue weighted by Gasteiger charge is -2.48. The lowest BCUT2D eigenvalue weighted by molar-refractivity contribution is -0.445. The predicted octanol–water partition coefficient (Wildman–Crippen LogP) is 7.24. The highest BCUT2D eigenvalue weighted by molar-refractivity contribution is 5.11. The van der Waals surface area contributed by atoms with Gasteiger partial charge in [-0.05, 0) is 33.6 Å². The quantitative estimate of drug-likeness (QED) is 0.343. The van der Waals surface area contributed by atoms with E-state index < -0.39 is 66.8 Å². The molecule has 0 heterocycles. The number of halogens is 11. The Bertz CT molecular complexity index is 524. The van der Waals surface area contributed by atoms with Crippen molar-refractivity contribution in [2.24, 2.45) is 0 Å². The Hall–Kier alpha value is -0.810. The first-order valence-electron chi connectivity index (χ1n) is 8.36. The van der Waals surface area contributed by atoms with E-state index in [4.69, 9.17) is 0 Å². The van der Waals surface area contributed by atoms with Crippen molar-refractivity contribution in [3.05, 3.63) is 0 Å². The van der Waals surface area contributed by atoms with Gasteiger partial charge in [0.05, 0.1) is 0 Å². The maximum Gasteiger partial charge on any atom is 0.434 e. The van der Waals surface area contributed by atoms with Gasteiger partial charge in [0.2, 0.25) is 5.67 Å². The van der Waals surface area contributed by atoms with Crippen LogP contribution < -0.4 is 0 Å². The summed E-state index contributed by atoms with van der Waals surface area (Å²) < 4.78 is 155. The maximum absolute atomic E-state index is 14.7. The number of rotatable bonds is 9. The van der Waals surface area contributed by atoms with Gasteiger partial charge < -0.3 is 4.74 Å². The second-order valence-corrected chi connectivity index (χ2v) is 7.20. The molecule has 0 rings (SSSR count). The third-order valence-corrected chi connectivity index (χ3v) is 4.84. The number of ether oxygens (including phenoxy) is 1. The molecular formula is C16H23F11O. The van der Waals surface area contributed by atoms with E-state index in [-0.39, 0.29) is 20.8 Å². The van der Waals surface area contributed by atoms with Crippen LogP contribution in [-0.2, 0) is 4.74 Å². The summed E-state index contributed by atoms with van der Waals surface area (Å²) in [6.45, 7) is 2.03.